The third-order valence-electron chi connectivity index (χ3n) is 1.91. The molecule has 0 aliphatic heterocycles. The van der Waals surface area contributed by atoms with Crippen LogP contribution in [-0.2, 0) is 0 Å². The highest BCUT2D eigenvalue weighted by atomic mass is 19.1. The molecule has 0 saturated heterocycles. The maximum absolute atomic E-state index is 12.7. The minimum absolute atomic E-state index is 0.656. The summed E-state index contributed by atoms with van der Waals surface area (Å²) in [5.41, 5.74) is 1.30. The van der Waals surface area contributed by atoms with E-state index in [2.05, 4.69) is 13.0 Å². The average Bonchev–Trinajstić information content (AvgIpc) is 2.17. The summed E-state index contributed by atoms with van der Waals surface area (Å²) in [7, 11) is 0. The SMILES string of the molecule is CCCC1=CCCC(F)C=C1. The average molecular weight is 154 g/mol. The van der Waals surface area contributed by atoms with Crippen molar-refractivity contribution in [2.45, 2.75) is 38.8 Å². The molecule has 1 atom stereocenters. The van der Waals surface area contributed by atoms with Crippen molar-refractivity contribution in [1.29, 1.82) is 0 Å². The molecule has 0 nitrogen and oxygen atoms in total. The zero-order valence-corrected chi connectivity index (χ0v) is 7.02. The van der Waals surface area contributed by atoms with Crippen LogP contribution in [0.2, 0.25) is 0 Å². The Balaban J connectivity index is 2.50. The van der Waals surface area contributed by atoms with E-state index in [0.29, 0.717) is 6.42 Å². The first-order chi connectivity index (χ1) is 5.33. The molecule has 0 heterocycles. The van der Waals surface area contributed by atoms with Gasteiger partial charge in [0.25, 0.3) is 0 Å². The summed E-state index contributed by atoms with van der Waals surface area (Å²) in [5, 5.41) is 0. The third-order valence-corrected chi connectivity index (χ3v) is 1.91. The molecule has 0 fully saturated rings. The van der Waals surface area contributed by atoms with Crippen LogP contribution in [-0.4, -0.2) is 6.17 Å². The highest BCUT2D eigenvalue weighted by Gasteiger charge is 2.04. The highest BCUT2D eigenvalue weighted by Crippen LogP contribution is 2.16. The van der Waals surface area contributed by atoms with Crippen LogP contribution in [0.4, 0.5) is 4.39 Å². The second kappa shape index (κ2) is 4.32. The Morgan fingerprint density at radius 3 is 3.18 bits per heavy atom. The molecule has 0 saturated carbocycles. The van der Waals surface area contributed by atoms with Gasteiger partial charge in [0.2, 0.25) is 0 Å². The summed E-state index contributed by atoms with van der Waals surface area (Å²) < 4.78 is 12.7. The van der Waals surface area contributed by atoms with Crippen molar-refractivity contribution >= 4 is 0 Å². The van der Waals surface area contributed by atoms with Gasteiger partial charge < -0.3 is 0 Å². The Morgan fingerprint density at radius 1 is 1.64 bits per heavy atom. The zero-order valence-electron chi connectivity index (χ0n) is 7.02. The van der Waals surface area contributed by atoms with Gasteiger partial charge in [-0.2, -0.15) is 0 Å². The van der Waals surface area contributed by atoms with Crippen LogP contribution in [0.15, 0.2) is 23.8 Å². The summed E-state index contributed by atoms with van der Waals surface area (Å²) in [6.07, 6.45) is 8.82. The molecule has 0 radical (unpaired) electrons. The number of hydrogen-bond acceptors (Lipinski definition) is 0. The molecule has 0 aromatic carbocycles. The van der Waals surface area contributed by atoms with Gasteiger partial charge in [-0.15, -0.1) is 0 Å². The highest BCUT2D eigenvalue weighted by molar-refractivity contribution is 5.21. The molecule has 1 aliphatic rings. The van der Waals surface area contributed by atoms with E-state index in [9.17, 15) is 4.39 Å². The van der Waals surface area contributed by atoms with Crippen LogP contribution in [0.1, 0.15) is 32.6 Å². The minimum atomic E-state index is -0.722. The monoisotopic (exact) mass is 154 g/mol. The van der Waals surface area contributed by atoms with E-state index in [-0.39, 0.29) is 0 Å². The second-order valence-corrected chi connectivity index (χ2v) is 2.98. The van der Waals surface area contributed by atoms with Crippen molar-refractivity contribution in [2.24, 2.45) is 0 Å². The van der Waals surface area contributed by atoms with Crippen molar-refractivity contribution in [3.63, 3.8) is 0 Å². The summed E-state index contributed by atoms with van der Waals surface area (Å²) in [4.78, 5) is 0. The molecule has 1 unspecified atom stereocenters. The van der Waals surface area contributed by atoms with Crippen molar-refractivity contribution in [1.82, 2.24) is 0 Å². The molecule has 1 rings (SSSR count). The molecule has 1 heteroatoms. The maximum Gasteiger partial charge on any atom is 0.119 e. The lowest BCUT2D eigenvalue weighted by atomic mass is 10.1. The molecule has 0 spiro atoms. The Morgan fingerprint density at radius 2 is 2.45 bits per heavy atom. The first kappa shape index (κ1) is 8.51. The van der Waals surface area contributed by atoms with Crippen LogP contribution in [0, 0.1) is 0 Å². The molecule has 1 aliphatic carbocycles. The minimum Gasteiger partial charge on any atom is -0.243 e. The Hall–Kier alpha value is -0.590. The quantitative estimate of drug-likeness (QED) is 0.571. The van der Waals surface area contributed by atoms with E-state index in [4.69, 9.17) is 0 Å². The van der Waals surface area contributed by atoms with E-state index in [1.807, 2.05) is 6.08 Å². The van der Waals surface area contributed by atoms with Gasteiger partial charge in [-0.3, -0.25) is 0 Å². The fraction of sp³-hybridized carbons (Fsp3) is 0.600. The van der Waals surface area contributed by atoms with Gasteiger partial charge in [-0.25, -0.2) is 4.39 Å². The fourth-order valence-corrected chi connectivity index (χ4v) is 1.29. The van der Waals surface area contributed by atoms with Gasteiger partial charge in [0, 0.05) is 0 Å². The van der Waals surface area contributed by atoms with Crippen molar-refractivity contribution in [3.05, 3.63) is 23.8 Å². The zero-order chi connectivity index (χ0) is 8.10. The number of allylic oxidation sites excluding steroid dienone is 4. The number of alkyl halides is 1. The molecular weight excluding hydrogens is 139 g/mol. The third kappa shape index (κ3) is 2.87. The lowest BCUT2D eigenvalue weighted by Crippen LogP contribution is -1.90. The van der Waals surface area contributed by atoms with Crippen LogP contribution in [0.25, 0.3) is 0 Å². The van der Waals surface area contributed by atoms with Crippen molar-refractivity contribution < 1.29 is 4.39 Å². The molecule has 0 bridgehead atoms. The van der Waals surface area contributed by atoms with Crippen LogP contribution < -0.4 is 0 Å². The van der Waals surface area contributed by atoms with E-state index < -0.39 is 6.17 Å². The largest absolute Gasteiger partial charge is 0.243 e. The molecule has 0 aromatic heterocycles. The van der Waals surface area contributed by atoms with Crippen molar-refractivity contribution in [3.8, 4) is 0 Å². The smallest absolute Gasteiger partial charge is 0.119 e. The maximum atomic E-state index is 12.7. The van der Waals surface area contributed by atoms with Gasteiger partial charge in [0.15, 0.2) is 0 Å². The summed E-state index contributed by atoms with van der Waals surface area (Å²) >= 11 is 0. The second-order valence-electron chi connectivity index (χ2n) is 2.98. The summed E-state index contributed by atoms with van der Waals surface area (Å²) in [5.74, 6) is 0. The summed E-state index contributed by atoms with van der Waals surface area (Å²) in [6, 6.07) is 0. The first-order valence-electron chi connectivity index (χ1n) is 4.34. The van der Waals surface area contributed by atoms with Crippen LogP contribution in [0.3, 0.4) is 0 Å². The van der Waals surface area contributed by atoms with Gasteiger partial charge in [-0.1, -0.05) is 37.1 Å². The Kier molecular flexibility index (Phi) is 3.34. The topological polar surface area (TPSA) is 0 Å². The van der Waals surface area contributed by atoms with Crippen LogP contribution in [0.5, 0.6) is 0 Å². The predicted octanol–water partition coefficient (Wildman–Crippen LogP) is 3.40. The fourth-order valence-electron chi connectivity index (χ4n) is 1.29. The van der Waals surface area contributed by atoms with Gasteiger partial charge in [-0.05, 0) is 19.3 Å². The van der Waals surface area contributed by atoms with E-state index in [1.165, 1.54) is 5.57 Å². The van der Waals surface area contributed by atoms with E-state index in [0.717, 1.165) is 19.3 Å². The van der Waals surface area contributed by atoms with Crippen molar-refractivity contribution in [2.75, 3.05) is 0 Å². The molecule has 0 amide bonds. The molecule has 62 valence electrons. The Bertz CT molecular complexity index is 168. The first-order valence-corrected chi connectivity index (χ1v) is 4.34. The van der Waals surface area contributed by atoms with Gasteiger partial charge in [0.05, 0.1) is 0 Å². The van der Waals surface area contributed by atoms with E-state index in [1.54, 1.807) is 6.08 Å². The Labute approximate surface area is 67.8 Å². The standard InChI is InChI=1S/C10H15F/c1-2-4-9-5-3-6-10(11)8-7-9/h5,7-8,10H,2-4,6H2,1H3. The normalized spacial score (nSPS) is 24.5. The van der Waals surface area contributed by atoms with Gasteiger partial charge >= 0.3 is 0 Å². The van der Waals surface area contributed by atoms with Gasteiger partial charge in [0.1, 0.15) is 6.17 Å². The van der Waals surface area contributed by atoms with E-state index >= 15 is 0 Å². The lowest BCUT2D eigenvalue weighted by Gasteiger charge is -1.95. The predicted molar refractivity (Wildman–Crippen MR) is 46.3 cm³/mol. The number of rotatable bonds is 2. The molecule has 0 aromatic rings. The van der Waals surface area contributed by atoms with Crippen LogP contribution >= 0.6 is 0 Å². The molecule has 0 N–H and O–H groups in total. The molecule has 11 heavy (non-hydrogen) atoms. The number of halogens is 1. The summed E-state index contributed by atoms with van der Waals surface area (Å²) in [6.45, 7) is 2.15. The lowest BCUT2D eigenvalue weighted by molar-refractivity contribution is 0.382. The number of hydrogen-bond donors (Lipinski definition) is 0. The molecular formula is C10H15F.